The van der Waals surface area contributed by atoms with Crippen LogP contribution in [-0.4, -0.2) is 43.8 Å². The average molecular weight is 311 g/mol. The van der Waals surface area contributed by atoms with Crippen LogP contribution >= 0.6 is 0 Å². The van der Waals surface area contributed by atoms with E-state index in [2.05, 4.69) is 9.47 Å². The third-order valence-electron chi connectivity index (χ3n) is 2.21. The van der Waals surface area contributed by atoms with Gasteiger partial charge in [0.15, 0.2) is 0 Å². The van der Waals surface area contributed by atoms with Crippen molar-refractivity contribution < 1.29 is 37.0 Å². The summed E-state index contributed by atoms with van der Waals surface area (Å²) in [7, 11) is 1.13. The molecule has 0 saturated carbocycles. The van der Waals surface area contributed by atoms with Crippen molar-refractivity contribution in [2.75, 3.05) is 13.7 Å². The lowest BCUT2D eigenvalue weighted by Crippen LogP contribution is -2.42. The molecular formula is C12H16F3NO5. The molecule has 9 heteroatoms. The number of carbonyl (C=O) groups excluding carboxylic acids is 3. The Morgan fingerprint density at radius 2 is 1.90 bits per heavy atom. The van der Waals surface area contributed by atoms with Crippen LogP contribution in [0.25, 0.3) is 0 Å². The standard InChI is InChI=1S/C12H16F3NO5/c1-3-21-10(18)7-5-8(4-6-9(17)20-2)16-11(19)12(13,14)15/h5,7-8H,3-4,6H2,1-2H3,(H,16,19)/b7-5+/t8-/m1/s1. The fourth-order valence-corrected chi connectivity index (χ4v) is 1.23. The van der Waals surface area contributed by atoms with E-state index in [-0.39, 0.29) is 19.4 Å². The van der Waals surface area contributed by atoms with Gasteiger partial charge >= 0.3 is 24.0 Å². The third-order valence-corrected chi connectivity index (χ3v) is 2.21. The quantitative estimate of drug-likeness (QED) is 0.562. The van der Waals surface area contributed by atoms with Crippen LogP contribution in [0.3, 0.4) is 0 Å². The molecule has 0 rings (SSSR count). The van der Waals surface area contributed by atoms with Crippen LogP contribution in [0.2, 0.25) is 0 Å². The van der Waals surface area contributed by atoms with Crippen molar-refractivity contribution in [1.29, 1.82) is 0 Å². The summed E-state index contributed by atoms with van der Waals surface area (Å²) in [6, 6.07) is -1.15. The van der Waals surface area contributed by atoms with Gasteiger partial charge in [-0.1, -0.05) is 6.08 Å². The lowest BCUT2D eigenvalue weighted by Gasteiger charge is -2.15. The van der Waals surface area contributed by atoms with Crippen molar-refractivity contribution in [1.82, 2.24) is 5.32 Å². The first-order chi connectivity index (χ1) is 9.70. The van der Waals surface area contributed by atoms with Gasteiger partial charge in [-0.15, -0.1) is 0 Å². The van der Waals surface area contributed by atoms with Crippen LogP contribution in [0.4, 0.5) is 13.2 Å². The number of carbonyl (C=O) groups is 3. The van der Waals surface area contributed by atoms with E-state index >= 15 is 0 Å². The number of methoxy groups -OCH3 is 1. The number of hydrogen-bond donors (Lipinski definition) is 1. The smallest absolute Gasteiger partial charge is 0.469 e. The predicted octanol–water partition coefficient (Wildman–Crippen LogP) is 1.11. The molecule has 0 fully saturated rings. The van der Waals surface area contributed by atoms with Gasteiger partial charge in [-0.3, -0.25) is 9.59 Å². The fourth-order valence-electron chi connectivity index (χ4n) is 1.23. The van der Waals surface area contributed by atoms with Crippen molar-refractivity contribution in [2.45, 2.75) is 32.0 Å². The first-order valence-electron chi connectivity index (χ1n) is 6.00. The molecule has 120 valence electrons. The van der Waals surface area contributed by atoms with Crippen molar-refractivity contribution in [3.63, 3.8) is 0 Å². The Hall–Kier alpha value is -2.06. The average Bonchev–Trinajstić information content (AvgIpc) is 2.40. The van der Waals surface area contributed by atoms with E-state index in [0.717, 1.165) is 19.3 Å². The number of ether oxygens (including phenoxy) is 2. The Morgan fingerprint density at radius 3 is 2.38 bits per heavy atom. The van der Waals surface area contributed by atoms with Gasteiger partial charge in [-0.05, 0) is 13.3 Å². The topological polar surface area (TPSA) is 81.7 Å². The lowest BCUT2D eigenvalue weighted by molar-refractivity contribution is -0.174. The normalized spacial score (nSPS) is 12.8. The lowest BCUT2D eigenvalue weighted by atomic mass is 10.1. The highest BCUT2D eigenvalue weighted by Gasteiger charge is 2.39. The van der Waals surface area contributed by atoms with Crippen molar-refractivity contribution in [2.24, 2.45) is 0 Å². The van der Waals surface area contributed by atoms with E-state index in [1.165, 1.54) is 0 Å². The summed E-state index contributed by atoms with van der Waals surface area (Å²) in [4.78, 5) is 32.9. The molecule has 0 bridgehead atoms. The molecule has 0 radical (unpaired) electrons. The highest BCUT2D eigenvalue weighted by atomic mass is 19.4. The monoisotopic (exact) mass is 311 g/mol. The Morgan fingerprint density at radius 1 is 1.29 bits per heavy atom. The molecule has 1 N–H and O–H groups in total. The van der Waals surface area contributed by atoms with E-state index in [1.807, 2.05) is 0 Å². The SMILES string of the molecule is CCOC(=O)/C=C/[C@@H](CCC(=O)OC)NC(=O)C(F)(F)F. The molecule has 0 aliphatic rings. The minimum Gasteiger partial charge on any atom is -0.469 e. The second kappa shape index (κ2) is 8.98. The zero-order chi connectivity index (χ0) is 16.5. The van der Waals surface area contributed by atoms with E-state index in [9.17, 15) is 27.6 Å². The largest absolute Gasteiger partial charge is 0.471 e. The van der Waals surface area contributed by atoms with Crippen LogP contribution in [0.1, 0.15) is 19.8 Å². The van der Waals surface area contributed by atoms with Gasteiger partial charge in [0.25, 0.3) is 0 Å². The minimum absolute atomic E-state index is 0.102. The van der Waals surface area contributed by atoms with Gasteiger partial charge in [0.05, 0.1) is 13.7 Å². The number of halogens is 3. The molecular weight excluding hydrogens is 295 g/mol. The van der Waals surface area contributed by atoms with Crippen LogP contribution in [0.5, 0.6) is 0 Å². The molecule has 0 aromatic heterocycles. The summed E-state index contributed by atoms with van der Waals surface area (Å²) < 4.78 is 45.4. The van der Waals surface area contributed by atoms with Crippen LogP contribution in [0.15, 0.2) is 12.2 Å². The molecule has 1 atom stereocenters. The van der Waals surface area contributed by atoms with Gasteiger partial charge in [-0.2, -0.15) is 13.2 Å². The van der Waals surface area contributed by atoms with Crippen LogP contribution in [0, 0.1) is 0 Å². The summed E-state index contributed by atoms with van der Waals surface area (Å²) in [6.45, 7) is 1.66. The maximum absolute atomic E-state index is 12.2. The van der Waals surface area contributed by atoms with Crippen LogP contribution in [-0.2, 0) is 23.9 Å². The summed E-state index contributed by atoms with van der Waals surface area (Å²) in [5.74, 6) is -3.57. The summed E-state index contributed by atoms with van der Waals surface area (Å²) in [6.07, 6.45) is -3.50. The number of hydrogen-bond acceptors (Lipinski definition) is 5. The second-order valence-corrected chi connectivity index (χ2v) is 3.80. The molecule has 0 heterocycles. The Balaban J connectivity index is 4.72. The molecule has 1 amide bonds. The predicted molar refractivity (Wildman–Crippen MR) is 65.0 cm³/mol. The Labute approximate surface area is 119 Å². The maximum Gasteiger partial charge on any atom is 0.471 e. The number of rotatable bonds is 7. The Kier molecular flexibility index (Phi) is 8.10. The van der Waals surface area contributed by atoms with Gasteiger partial charge in [0.1, 0.15) is 0 Å². The summed E-state index contributed by atoms with van der Waals surface area (Å²) >= 11 is 0. The number of esters is 2. The zero-order valence-electron chi connectivity index (χ0n) is 11.5. The summed E-state index contributed by atoms with van der Waals surface area (Å²) in [5, 5.41) is 1.67. The van der Waals surface area contributed by atoms with Crippen LogP contribution < -0.4 is 5.32 Å². The molecule has 21 heavy (non-hydrogen) atoms. The second-order valence-electron chi connectivity index (χ2n) is 3.80. The molecule has 0 spiro atoms. The molecule has 0 unspecified atom stereocenters. The fraction of sp³-hybridized carbons (Fsp3) is 0.583. The number of amides is 1. The molecule has 0 aromatic carbocycles. The molecule has 0 aromatic rings. The van der Waals surface area contributed by atoms with Crippen molar-refractivity contribution in [3.8, 4) is 0 Å². The van der Waals surface area contributed by atoms with Crippen molar-refractivity contribution in [3.05, 3.63) is 12.2 Å². The zero-order valence-corrected chi connectivity index (χ0v) is 11.5. The Bertz CT molecular complexity index is 406. The van der Waals surface area contributed by atoms with Gasteiger partial charge < -0.3 is 14.8 Å². The first-order valence-corrected chi connectivity index (χ1v) is 6.00. The first kappa shape index (κ1) is 18.9. The van der Waals surface area contributed by atoms with E-state index in [0.29, 0.717) is 0 Å². The maximum atomic E-state index is 12.2. The molecule has 0 saturated heterocycles. The minimum atomic E-state index is -5.05. The summed E-state index contributed by atoms with van der Waals surface area (Å²) in [5.41, 5.74) is 0. The van der Waals surface area contributed by atoms with E-state index in [1.54, 1.807) is 12.2 Å². The molecule has 6 nitrogen and oxygen atoms in total. The van der Waals surface area contributed by atoms with E-state index < -0.39 is 30.1 Å². The number of nitrogens with one attached hydrogen (secondary N) is 1. The highest BCUT2D eigenvalue weighted by Crippen LogP contribution is 2.15. The van der Waals surface area contributed by atoms with E-state index in [4.69, 9.17) is 0 Å². The number of alkyl halides is 3. The highest BCUT2D eigenvalue weighted by molar-refractivity contribution is 5.84. The molecule has 0 aliphatic heterocycles. The van der Waals surface area contributed by atoms with Gasteiger partial charge in [0.2, 0.25) is 0 Å². The third kappa shape index (κ3) is 8.66. The molecule has 0 aliphatic carbocycles. The van der Waals surface area contributed by atoms with Gasteiger partial charge in [-0.25, -0.2) is 4.79 Å². The van der Waals surface area contributed by atoms with Gasteiger partial charge in [0, 0.05) is 18.5 Å². The van der Waals surface area contributed by atoms with Crippen molar-refractivity contribution >= 4 is 17.8 Å².